The molecular weight excluding hydrogens is 260 g/mol. The molecule has 0 bridgehead atoms. The summed E-state index contributed by atoms with van der Waals surface area (Å²) in [7, 11) is 0. The molecule has 0 saturated carbocycles. The van der Waals surface area contributed by atoms with E-state index in [2.05, 4.69) is 10.3 Å². The van der Waals surface area contributed by atoms with Gasteiger partial charge in [0.15, 0.2) is 0 Å². The highest BCUT2D eigenvalue weighted by atomic mass is 16.4. The molecule has 0 spiro atoms. The number of phenolic OH excluding ortho intramolecular Hbond substituents is 1. The quantitative estimate of drug-likeness (QED) is 0.794. The van der Waals surface area contributed by atoms with E-state index in [1.54, 1.807) is 6.92 Å². The summed E-state index contributed by atoms with van der Waals surface area (Å²) in [6.07, 6.45) is 1.31. The molecule has 1 aromatic carbocycles. The van der Waals surface area contributed by atoms with Gasteiger partial charge in [0.2, 0.25) is 0 Å². The Balaban J connectivity index is 2.21. The summed E-state index contributed by atoms with van der Waals surface area (Å²) >= 11 is 0. The van der Waals surface area contributed by atoms with Gasteiger partial charge in [-0.2, -0.15) is 0 Å². The summed E-state index contributed by atoms with van der Waals surface area (Å²) in [5.74, 6) is -1.26. The first-order valence-corrected chi connectivity index (χ1v) is 5.77. The first-order valence-electron chi connectivity index (χ1n) is 5.77. The van der Waals surface area contributed by atoms with Crippen molar-refractivity contribution in [2.24, 2.45) is 0 Å². The van der Waals surface area contributed by atoms with E-state index >= 15 is 0 Å². The van der Waals surface area contributed by atoms with E-state index in [9.17, 15) is 14.7 Å². The maximum Gasteiger partial charge on any atom is 0.335 e. The van der Waals surface area contributed by atoms with Crippen LogP contribution in [0.15, 0.2) is 36.5 Å². The molecule has 102 valence electrons. The van der Waals surface area contributed by atoms with Gasteiger partial charge in [0.25, 0.3) is 5.91 Å². The molecule has 0 unspecified atom stereocenters. The Morgan fingerprint density at radius 2 is 1.90 bits per heavy atom. The Morgan fingerprint density at radius 1 is 1.15 bits per heavy atom. The number of rotatable bonds is 3. The number of carboxylic acid groups (broad SMARTS) is 1. The van der Waals surface area contributed by atoms with Gasteiger partial charge in [0, 0.05) is 11.8 Å². The van der Waals surface area contributed by atoms with E-state index in [0.29, 0.717) is 11.1 Å². The second-order valence-electron chi connectivity index (χ2n) is 4.19. The number of aromatic nitrogens is 1. The average Bonchev–Trinajstić information content (AvgIpc) is 2.42. The summed E-state index contributed by atoms with van der Waals surface area (Å²) in [5, 5.41) is 20.8. The monoisotopic (exact) mass is 272 g/mol. The zero-order valence-corrected chi connectivity index (χ0v) is 10.6. The van der Waals surface area contributed by atoms with Crippen LogP contribution in [0, 0.1) is 6.92 Å². The van der Waals surface area contributed by atoms with Gasteiger partial charge < -0.3 is 15.5 Å². The van der Waals surface area contributed by atoms with Crippen molar-refractivity contribution in [1.82, 2.24) is 4.98 Å². The molecule has 2 aromatic rings. The molecule has 0 fully saturated rings. The fourth-order valence-corrected chi connectivity index (χ4v) is 1.62. The van der Waals surface area contributed by atoms with Crippen LogP contribution in [0.3, 0.4) is 0 Å². The lowest BCUT2D eigenvalue weighted by molar-refractivity contribution is 0.0696. The topological polar surface area (TPSA) is 99.5 Å². The van der Waals surface area contributed by atoms with Crippen molar-refractivity contribution in [3.8, 4) is 5.75 Å². The van der Waals surface area contributed by atoms with Crippen molar-refractivity contribution in [3.63, 3.8) is 0 Å². The Hall–Kier alpha value is -2.89. The standard InChI is InChI=1S/C14H12N2O4/c1-8-6-9(2-3-11(8)17)13(18)16-12-7-10(14(19)20)4-5-15-12/h2-7,17H,1H3,(H,19,20)(H,15,16,18). The summed E-state index contributed by atoms with van der Waals surface area (Å²) in [5.41, 5.74) is 0.963. The molecule has 0 radical (unpaired) electrons. The molecule has 0 atom stereocenters. The molecule has 1 aromatic heterocycles. The molecule has 0 saturated heterocycles. The summed E-state index contributed by atoms with van der Waals surface area (Å²) in [4.78, 5) is 26.7. The number of benzene rings is 1. The molecular formula is C14H12N2O4. The lowest BCUT2D eigenvalue weighted by atomic mass is 10.1. The molecule has 20 heavy (non-hydrogen) atoms. The number of anilines is 1. The highest BCUT2D eigenvalue weighted by molar-refractivity contribution is 6.04. The number of pyridine rings is 1. The van der Waals surface area contributed by atoms with Crippen molar-refractivity contribution < 1.29 is 19.8 Å². The lowest BCUT2D eigenvalue weighted by Crippen LogP contribution is -2.13. The number of phenols is 1. The van der Waals surface area contributed by atoms with Crippen LogP contribution in [-0.2, 0) is 0 Å². The molecule has 0 aliphatic heterocycles. The van der Waals surface area contributed by atoms with Crippen LogP contribution in [-0.4, -0.2) is 27.1 Å². The number of nitrogens with one attached hydrogen (secondary N) is 1. The van der Waals surface area contributed by atoms with Crippen LogP contribution >= 0.6 is 0 Å². The number of aromatic hydroxyl groups is 1. The van der Waals surface area contributed by atoms with Gasteiger partial charge in [-0.05, 0) is 42.8 Å². The third-order valence-corrected chi connectivity index (χ3v) is 2.71. The van der Waals surface area contributed by atoms with Crippen molar-refractivity contribution in [2.75, 3.05) is 5.32 Å². The number of amides is 1. The molecule has 3 N–H and O–H groups in total. The third-order valence-electron chi connectivity index (χ3n) is 2.71. The van der Waals surface area contributed by atoms with E-state index in [-0.39, 0.29) is 17.1 Å². The number of hydrogen-bond acceptors (Lipinski definition) is 4. The number of aromatic carboxylic acids is 1. The van der Waals surface area contributed by atoms with Crippen LogP contribution in [0.5, 0.6) is 5.75 Å². The van der Waals surface area contributed by atoms with Gasteiger partial charge in [0.05, 0.1) is 5.56 Å². The van der Waals surface area contributed by atoms with Crippen molar-refractivity contribution in [3.05, 3.63) is 53.2 Å². The zero-order chi connectivity index (χ0) is 14.7. The fraction of sp³-hybridized carbons (Fsp3) is 0.0714. The second-order valence-corrected chi connectivity index (χ2v) is 4.19. The maximum atomic E-state index is 12.0. The zero-order valence-electron chi connectivity index (χ0n) is 10.6. The Kier molecular flexibility index (Phi) is 3.65. The normalized spacial score (nSPS) is 10.1. The third kappa shape index (κ3) is 2.92. The van der Waals surface area contributed by atoms with Crippen LogP contribution in [0.1, 0.15) is 26.3 Å². The van der Waals surface area contributed by atoms with E-state index in [1.807, 2.05) is 0 Å². The van der Waals surface area contributed by atoms with Crippen molar-refractivity contribution in [1.29, 1.82) is 0 Å². The van der Waals surface area contributed by atoms with Crippen molar-refractivity contribution in [2.45, 2.75) is 6.92 Å². The molecule has 6 nitrogen and oxygen atoms in total. The van der Waals surface area contributed by atoms with E-state index in [1.165, 1.54) is 36.5 Å². The Morgan fingerprint density at radius 3 is 2.55 bits per heavy atom. The van der Waals surface area contributed by atoms with Gasteiger partial charge in [0.1, 0.15) is 11.6 Å². The van der Waals surface area contributed by atoms with Crippen LogP contribution < -0.4 is 5.32 Å². The predicted molar refractivity (Wildman–Crippen MR) is 72.0 cm³/mol. The number of carbonyl (C=O) groups excluding carboxylic acids is 1. The van der Waals surface area contributed by atoms with Crippen LogP contribution in [0.25, 0.3) is 0 Å². The second kappa shape index (κ2) is 5.40. The average molecular weight is 272 g/mol. The number of nitrogens with zero attached hydrogens (tertiary/aromatic N) is 1. The summed E-state index contributed by atoms with van der Waals surface area (Å²) in [6.45, 7) is 1.68. The number of carbonyl (C=O) groups is 2. The summed E-state index contributed by atoms with van der Waals surface area (Å²) < 4.78 is 0. The minimum atomic E-state index is -1.09. The number of carboxylic acids is 1. The van der Waals surface area contributed by atoms with Gasteiger partial charge in [-0.15, -0.1) is 0 Å². The van der Waals surface area contributed by atoms with Gasteiger partial charge in [-0.1, -0.05) is 0 Å². The number of aryl methyl sites for hydroxylation is 1. The first-order chi connectivity index (χ1) is 9.47. The van der Waals surface area contributed by atoms with Crippen LogP contribution in [0.4, 0.5) is 5.82 Å². The highest BCUT2D eigenvalue weighted by Crippen LogP contribution is 2.18. The minimum absolute atomic E-state index is 0.0391. The van der Waals surface area contributed by atoms with E-state index in [4.69, 9.17) is 5.11 Å². The first kappa shape index (κ1) is 13.5. The summed E-state index contributed by atoms with van der Waals surface area (Å²) in [6, 6.07) is 7.03. The van der Waals surface area contributed by atoms with Crippen LogP contribution in [0.2, 0.25) is 0 Å². The SMILES string of the molecule is Cc1cc(C(=O)Nc2cc(C(=O)O)ccn2)ccc1O. The molecule has 2 rings (SSSR count). The smallest absolute Gasteiger partial charge is 0.335 e. The lowest BCUT2D eigenvalue weighted by Gasteiger charge is -2.06. The maximum absolute atomic E-state index is 12.0. The van der Waals surface area contributed by atoms with E-state index in [0.717, 1.165) is 0 Å². The molecule has 0 aliphatic rings. The van der Waals surface area contributed by atoms with E-state index < -0.39 is 11.9 Å². The van der Waals surface area contributed by atoms with Gasteiger partial charge >= 0.3 is 5.97 Å². The predicted octanol–water partition coefficient (Wildman–Crippen LogP) is 2.05. The number of hydrogen-bond donors (Lipinski definition) is 3. The molecule has 1 heterocycles. The Bertz CT molecular complexity index is 683. The fourth-order valence-electron chi connectivity index (χ4n) is 1.62. The van der Waals surface area contributed by atoms with Crippen molar-refractivity contribution >= 4 is 17.7 Å². The molecule has 6 heteroatoms. The minimum Gasteiger partial charge on any atom is -0.508 e. The molecule has 1 amide bonds. The van der Waals surface area contributed by atoms with Gasteiger partial charge in [-0.25, -0.2) is 9.78 Å². The molecule has 0 aliphatic carbocycles. The Labute approximate surface area is 114 Å². The van der Waals surface area contributed by atoms with Gasteiger partial charge in [-0.3, -0.25) is 4.79 Å². The largest absolute Gasteiger partial charge is 0.508 e. The highest BCUT2D eigenvalue weighted by Gasteiger charge is 2.10.